The summed E-state index contributed by atoms with van der Waals surface area (Å²) in [7, 11) is 0. The molecule has 0 aromatic heterocycles. The third-order valence-electron chi connectivity index (χ3n) is 5.48. The van der Waals surface area contributed by atoms with Gasteiger partial charge in [-0.15, -0.1) is 0 Å². The van der Waals surface area contributed by atoms with Gasteiger partial charge in [0.25, 0.3) is 0 Å². The molecule has 37 heavy (non-hydrogen) atoms. The molecular weight excluding hydrogens is 496 g/mol. The highest BCUT2D eigenvalue weighted by atomic mass is 16.7. The third kappa shape index (κ3) is 6.87. The van der Waals surface area contributed by atoms with Crippen molar-refractivity contribution >= 4 is 18.0 Å². The van der Waals surface area contributed by atoms with Crippen molar-refractivity contribution in [1.82, 2.24) is 0 Å². The van der Waals surface area contributed by atoms with Crippen LogP contribution in [0, 0.1) is 0 Å². The summed E-state index contributed by atoms with van der Waals surface area (Å²) in [5.41, 5.74) is 0.588. The van der Waals surface area contributed by atoms with Crippen LogP contribution in [0.1, 0.15) is 11.1 Å². The molecule has 13 nitrogen and oxygen atoms in total. The number of aromatic hydroxyl groups is 3. The number of hydrogen-bond acceptors (Lipinski definition) is 12. The number of carbonyl (C=O) groups excluding carboxylic acids is 1. The smallest absolute Gasteiger partial charge is 0.345 e. The van der Waals surface area contributed by atoms with Crippen LogP contribution in [0.5, 0.6) is 23.0 Å². The summed E-state index contributed by atoms with van der Waals surface area (Å²) in [6, 6.07) is 7.52. The second kappa shape index (κ2) is 11.9. The van der Waals surface area contributed by atoms with Gasteiger partial charge in [-0.05, 0) is 41.5 Å². The normalized spacial score (nSPS) is 24.5. The summed E-state index contributed by atoms with van der Waals surface area (Å²) in [4.78, 5) is 23.6. The molecule has 2 aromatic carbocycles. The summed E-state index contributed by atoms with van der Waals surface area (Å²) in [6.07, 6.45) is -7.33. The minimum atomic E-state index is -1.68. The topological polar surface area (TPSA) is 224 Å². The fraction of sp³-hybridized carbons (Fsp3) is 0.333. The van der Waals surface area contributed by atoms with Crippen LogP contribution >= 0.6 is 0 Å². The molecule has 0 amide bonds. The third-order valence-corrected chi connectivity index (χ3v) is 5.48. The van der Waals surface area contributed by atoms with Crippen LogP contribution in [-0.2, 0) is 25.5 Å². The molecule has 0 saturated carbocycles. The Bertz CT molecular complexity index is 1150. The molecule has 0 radical (unpaired) electrons. The molecule has 0 aliphatic carbocycles. The van der Waals surface area contributed by atoms with E-state index >= 15 is 0 Å². The van der Waals surface area contributed by atoms with Crippen LogP contribution in [0.3, 0.4) is 0 Å². The van der Waals surface area contributed by atoms with Gasteiger partial charge >= 0.3 is 11.9 Å². The first-order chi connectivity index (χ1) is 17.5. The highest BCUT2D eigenvalue weighted by molar-refractivity contribution is 5.89. The van der Waals surface area contributed by atoms with Gasteiger partial charge < -0.3 is 55.1 Å². The maximum atomic E-state index is 12.2. The van der Waals surface area contributed by atoms with Crippen molar-refractivity contribution in [1.29, 1.82) is 0 Å². The molecule has 0 bridgehead atoms. The Morgan fingerprint density at radius 1 is 0.946 bits per heavy atom. The molecular formula is C24H26O13. The maximum Gasteiger partial charge on any atom is 0.345 e. The van der Waals surface area contributed by atoms with Gasteiger partial charge in [-0.3, -0.25) is 0 Å². The van der Waals surface area contributed by atoms with Crippen molar-refractivity contribution in [3.8, 4) is 23.0 Å². The van der Waals surface area contributed by atoms with Crippen LogP contribution in [0.4, 0.5) is 0 Å². The van der Waals surface area contributed by atoms with Gasteiger partial charge in [0.2, 0.25) is 12.4 Å². The van der Waals surface area contributed by atoms with Crippen LogP contribution in [0.25, 0.3) is 6.08 Å². The number of benzene rings is 2. The van der Waals surface area contributed by atoms with Gasteiger partial charge in [0.05, 0.1) is 6.61 Å². The Kier molecular flexibility index (Phi) is 8.91. The van der Waals surface area contributed by atoms with Gasteiger partial charge in [0, 0.05) is 12.5 Å². The van der Waals surface area contributed by atoms with E-state index in [4.69, 9.17) is 14.2 Å². The number of carbonyl (C=O) groups is 2. The van der Waals surface area contributed by atoms with E-state index in [1.807, 2.05) is 0 Å². The standard InChI is InChI=1S/C24H26O13/c25-10-18-20(30)21(31)22(32)24(37-18)36-16-5-2-11(7-15(16)28)3-6-19(29)35-17(23(33)34)9-12-1-4-13(26)14(27)8-12/h1-8,17-18,20-22,24-28,30-32H,9-10H2,(H,33,34)/t17-,18-,20-,21+,22-,24-/m1/s1. The highest BCUT2D eigenvalue weighted by Gasteiger charge is 2.44. The first kappa shape index (κ1) is 27.7. The molecule has 0 spiro atoms. The number of carboxylic acids is 1. The Hall–Kier alpha value is -3.88. The van der Waals surface area contributed by atoms with Gasteiger partial charge in [0.1, 0.15) is 24.4 Å². The highest BCUT2D eigenvalue weighted by Crippen LogP contribution is 2.31. The van der Waals surface area contributed by atoms with Crippen LogP contribution < -0.4 is 4.74 Å². The summed E-state index contributed by atoms with van der Waals surface area (Å²) in [5, 5.41) is 77.4. The number of phenols is 3. The van der Waals surface area contributed by atoms with E-state index in [2.05, 4.69) is 0 Å². The number of aliphatic carboxylic acids is 1. The summed E-state index contributed by atoms with van der Waals surface area (Å²) in [6.45, 7) is -0.656. The molecule has 13 heteroatoms. The van der Waals surface area contributed by atoms with Crippen molar-refractivity contribution in [2.24, 2.45) is 0 Å². The van der Waals surface area contributed by atoms with Crippen molar-refractivity contribution in [2.45, 2.75) is 43.2 Å². The Morgan fingerprint density at radius 2 is 1.68 bits per heavy atom. The van der Waals surface area contributed by atoms with E-state index in [1.54, 1.807) is 0 Å². The summed E-state index contributed by atoms with van der Waals surface area (Å²) >= 11 is 0. The van der Waals surface area contributed by atoms with E-state index in [0.29, 0.717) is 5.56 Å². The fourth-order valence-electron chi connectivity index (χ4n) is 3.46. The summed E-state index contributed by atoms with van der Waals surface area (Å²) in [5.74, 6) is -3.89. The van der Waals surface area contributed by atoms with E-state index < -0.39 is 66.9 Å². The molecule has 8 N–H and O–H groups in total. The number of aliphatic hydroxyl groups excluding tert-OH is 4. The Balaban J connectivity index is 1.63. The Labute approximate surface area is 209 Å². The van der Waals surface area contributed by atoms with Crippen molar-refractivity contribution in [2.75, 3.05) is 6.61 Å². The molecule has 1 saturated heterocycles. The average Bonchev–Trinajstić information content (AvgIpc) is 2.86. The van der Waals surface area contributed by atoms with E-state index in [9.17, 15) is 50.4 Å². The Morgan fingerprint density at radius 3 is 2.30 bits per heavy atom. The lowest BCUT2D eigenvalue weighted by atomic mass is 9.99. The average molecular weight is 522 g/mol. The maximum absolute atomic E-state index is 12.2. The molecule has 0 unspecified atom stereocenters. The largest absolute Gasteiger partial charge is 0.504 e. The lowest BCUT2D eigenvalue weighted by Crippen LogP contribution is -2.60. The van der Waals surface area contributed by atoms with E-state index in [1.165, 1.54) is 36.4 Å². The number of esters is 1. The van der Waals surface area contributed by atoms with Crippen LogP contribution in [0.2, 0.25) is 0 Å². The minimum Gasteiger partial charge on any atom is -0.504 e. The van der Waals surface area contributed by atoms with Gasteiger partial charge in [0.15, 0.2) is 23.0 Å². The quantitative estimate of drug-likeness (QED) is 0.115. The van der Waals surface area contributed by atoms with Gasteiger partial charge in [-0.25, -0.2) is 9.59 Å². The number of phenolic OH excluding ortho intramolecular Hbond substituents is 3. The minimum absolute atomic E-state index is 0.174. The van der Waals surface area contributed by atoms with Crippen molar-refractivity contribution in [3.63, 3.8) is 0 Å². The molecule has 2 aromatic rings. The first-order valence-corrected chi connectivity index (χ1v) is 10.9. The second-order valence-corrected chi connectivity index (χ2v) is 8.17. The predicted molar refractivity (Wildman–Crippen MR) is 123 cm³/mol. The zero-order chi connectivity index (χ0) is 27.3. The zero-order valence-corrected chi connectivity index (χ0v) is 19.1. The lowest BCUT2D eigenvalue weighted by Gasteiger charge is -2.39. The molecule has 1 aliphatic heterocycles. The van der Waals surface area contributed by atoms with Gasteiger partial charge in [-0.1, -0.05) is 12.1 Å². The molecule has 200 valence electrons. The first-order valence-electron chi connectivity index (χ1n) is 10.9. The predicted octanol–water partition coefficient (Wildman–Crippen LogP) is -0.766. The van der Waals surface area contributed by atoms with Crippen LogP contribution in [0.15, 0.2) is 42.5 Å². The zero-order valence-electron chi connectivity index (χ0n) is 19.1. The SMILES string of the molecule is O=C(C=Cc1ccc(O[C@@H]2O[C@H](CO)[C@@H](O)[C@H](O)[C@H]2O)c(O)c1)O[C@H](Cc1ccc(O)c(O)c1)C(=O)O. The number of carboxylic acid groups (broad SMARTS) is 1. The van der Waals surface area contributed by atoms with Gasteiger partial charge in [-0.2, -0.15) is 0 Å². The molecule has 1 heterocycles. The molecule has 1 fully saturated rings. The number of aliphatic hydroxyl groups is 4. The number of rotatable bonds is 9. The second-order valence-electron chi connectivity index (χ2n) is 8.17. The lowest BCUT2D eigenvalue weighted by molar-refractivity contribution is -0.277. The molecule has 1 aliphatic rings. The van der Waals surface area contributed by atoms with Crippen LogP contribution in [-0.4, -0.2) is 96.2 Å². The van der Waals surface area contributed by atoms with Crippen molar-refractivity contribution in [3.05, 3.63) is 53.6 Å². The van der Waals surface area contributed by atoms with E-state index in [-0.39, 0.29) is 23.5 Å². The molecule has 6 atom stereocenters. The number of hydrogen-bond donors (Lipinski definition) is 8. The summed E-state index contributed by atoms with van der Waals surface area (Å²) < 4.78 is 15.5. The monoisotopic (exact) mass is 522 g/mol. The fourth-order valence-corrected chi connectivity index (χ4v) is 3.46. The van der Waals surface area contributed by atoms with Crippen molar-refractivity contribution < 1.29 is 64.7 Å². The van der Waals surface area contributed by atoms with E-state index in [0.717, 1.165) is 12.1 Å². The number of ether oxygens (including phenoxy) is 3. The molecule has 3 rings (SSSR count).